The number of hydrogen-bond acceptors (Lipinski definition) is 6. The van der Waals surface area contributed by atoms with Gasteiger partial charge in [0.25, 0.3) is 5.69 Å². The molecule has 1 N–H and O–H groups in total. The van der Waals surface area contributed by atoms with Gasteiger partial charge in [-0.15, -0.1) is 0 Å². The van der Waals surface area contributed by atoms with E-state index in [0.717, 1.165) is 6.07 Å². The predicted octanol–water partition coefficient (Wildman–Crippen LogP) is 0.774. The summed E-state index contributed by atoms with van der Waals surface area (Å²) in [6.07, 6.45) is 1.18. The summed E-state index contributed by atoms with van der Waals surface area (Å²) in [5.41, 5.74) is -0.392. The molecule has 0 fully saturated rings. The van der Waals surface area contributed by atoms with Gasteiger partial charge in [-0.25, -0.2) is 4.79 Å². The van der Waals surface area contributed by atoms with Gasteiger partial charge in [-0.3, -0.25) is 10.1 Å². The van der Waals surface area contributed by atoms with Crippen LogP contribution in [0.1, 0.15) is 10.5 Å². The van der Waals surface area contributed by atoms with E-state index in [0.29, 0.717) is 26.4 Å². The zero-order valence-corrected chi connectivity index (χ0v) is 11.7. The quantitative estimate of drug-likeness (QED) is 0.365. The molecule has 0 amide bonds. The van der Waals surface area contributed by atoms with Crippen molar-refractivity contribution in [1.29, 1.82) is 0 Å². The molecule has 1 aromatic rings. The number of methoxy groups -OCH3 is 1. The van der Waals surface area contributed by atoms with Gasteiger partial charge in [-0.2, -0.15) is 0 Å². The van der Waals surface area contributed by atoms with Crippen LogP contribution in [0.3, 0.4) is 0 Å². The second-order valence-electron chi connectivity index (χ2n) is 4.06. The van der Waals surface area contributed by atoms with Gasteiger partial charge in [0.2, 0.25) is 0 Å². The number of rotatable bonds is 11. The van der Waals surface area contributed by atoms with Crippen molar-refractivity contribution in [2.24, 2.45) is 0 Å². The molecule has 0 aliphatic heterocycles. The molecule has 0 bridgehead atoms. The van der Waals surface area contributed by atoms with Crippen LogP contribution in [0.25, 0.3) is 0 Å². The number of aromatic carboxylic acids is 1. The van der Waals surface area contributed by atoms with E-state index < -0.39 is 10.9 Å². The predicted molar refractivity (Wildman–Crippen MR) is 71.6 cm³/mol. The Hall–Kier alpha value is -1.97. The molecule has 0 atom stereocenters. The minimum atomic E-state index is -1.22. The van der Waals surface area contributed by atoms with Gasteiger partial charge in [0.1, 0.15) is 5.69 Å². The molecule has 0 aliphatic carbocycles. The van der Waals surface area contributed by atoms with Crippen LogP contribution in [0.4, 0.5) is 5.69 Å². The number of nitrogens with zero attached hydrogens (tertiary/aromatic N) is 2. The van der Waals surface area contributed by atoms with Crippen molar-refractivity contribution in [2.45, 2.75) is 6.54 Å². The number of hydrogen-bond donors (Lipinski definition) is 1. The first kappa shape index (κ1) is 17.1. The molecule has 118 valence electrons. The molecule has 1 aromatic heterocycles. The van der Waals surface area contributed by atoms with Gasteiger partial charge >= 0.3 is 5.97 Å². The summed E-state index contributed by atoms with van der Waals surface area (Å²) < 4.78 is 16.5. The topological polar surface area (TPSA) is 113 Å². The van der Waals surface area contributed by atoms with Crippen molar-refractivity contribution in [3.63, 3.8) is 0 Å². The highest BCUT2D eigenvalue weighted by Crippen LogP contribution is 2.16. The van der Waals surface area contributed by atoms with E-state index in [1.807, 2.05) is 0 Å². The van der Waals surface area contributed by atoms with Crippen molar-refractivity contribution in [3.05, 3.63) is 28.1 Å². The summed E-state index contributed by atoms with van der Waals surface area (Å²) in [4.78, 5) is 21.0. The molecule has 1 rings (SSSR count). The fraction of sp³-hybridized carbons (Fsp3) is 0.583. The maximum atomic E-state index is 11.0. The number of carbonyl (C=O) groups is 1. The number of aromatic nitrogens is 1. The highest BCUT2D eigenvalue weighted by molar-refractivity contribution is 5.86. The normalized spacial score (nSPS) is 10.7. The first-order valence-corrected chi connectivity index (χ1v) is 6.28. The van der Waals surface area contributed by atoms with Crippen molar-refractivity contribution in [1.82, 2.24) is 4.57 Å². The van der Waals surface area contributed by atoms with E-state index >= 15 is 0 Å². The van der Waals surface area contributed by atoms with Crippen LogP contribution in [-0.4, -0.2) is 60.7 Å². The maximum Gasteiger partial charge on any atom is 0.352 e. The first-order valence-electron chi connectivity index (χ1n) is 6.28. The summed E-state index contributed by atoms with van der Waals surface area (Å²) in [7, 11) is 1.58. The van der Waals surface area contributed by atoms with E-state index in [1.54, 1.807) is 7.11 Å². The molecule has 1 heterocycles. The van der Waals surface area contributed by atoms with Gasteiger partial charge in [0.15, 0.2) is 0 Å². The van der Waals surface area contributed by atoms with Gasteiger partial charge in [0, 0.05) is 19.7 Å². The van der Waals surface area contributed by atoms with Crippen LogP contribution in [0.15, 0.2) is 12.3 Å². The average molecular weight is 302 g/mol. The van der Waals surface area contributed by atoms with Crippen LogP contribution >= 0.6 is 0 Å². The summed E-state index contributed by atoms with van der Waals surface area (Å²) in [5.74, 6) is -1.22. The summed E-state index contributed by atoms with van der Waals surface area (Å²) in [6.45, 7) is 2.20. The zero-order valence-electron chi connectivity index (χ0n) is 11.7. The van der Waals surface area contributed by atoms with Crippen molar-refractivity contribution in [3.8, 4) is 0 Å². The first-order chi connectivity index (χ1) is 10.1. The van der Waals surface area contributed by atoms with Crippen molar-refractivity contribution in [2.75, 3.05) is 40.1 Å². The van der Waals surface area contributed by atoms with Crippen LogP contribution in [-0.2, 0) is 20.8 Å². The highest BCUT2D eigenvalue weighted by atomic mass is 16.6. The molecule has 0 spiro atoms. The Balaban J connectivity index is 2.34. The lowest BCUT2D eigenvalue weighted by Gasteiger charge is -2.07. The number of nitro groups is 1. The Morgan fingerprint density at radius 3 is 2.48 bits per heavy atom. The molecule has 0 saturated carbocycles. The Morgan fingerprint density at radius 2 is 1.90 bits per heavy atom. The van der Waals surface area contributed by atoms with Crippen molar-refractivity contribution < 1.29 is 29.0 Å². The molecule has 0 aromatic carbocycles. The van der Waals surface area contributed by atoms with Crippen LogP contribution in [0.2, 0.25) is 0 Å². The smallest absolute Gasteiger partial charge is 0.352 e. The fourth-order valence-corrected chi connectivity index (χ4v) is 1.59. The summed E-state index contributed by atoms with van der Waals surface area (Å²) in [6, 6.07) is 1.02. The van der Waals surface area contributed by atoms with Crippen LogP contribution in [0.5, 0.6) is 0 Å². The highest BCUT2D eigenvalue weighted by Gasteiger charge is 2.18. The number of ether oxygens (including phenoxy) is 3. The van der Waals surface area contributed by atoms with E-state index in [9.17, 15) is 14.9 Å². The molecule has 9 heteroatoms. The molecule has 9 nitrogen and oxygen atoms in total. The van der Waals surface area contributed by atoms with Crippen LogP contribution < -0.4 is 0 Å². The zero-order chi connectivity index (χ0) is 15.7. The Morgan fingerprint density at radius 1 is 1.29 bits per heavy atom. The fourth-order valence-electron chi connectivity index (χ4n) is 1.59. The summed E-state index contributed by atoms with van der Waals surface area (Å²) in [5, 5.41) is 19.6. The van der Waals surface area contributed by atoms with E-state index in [4.69, 9.17) is 19.3 Å². The Bertz CT molecular complexity index is 472. The van der Waals surface area contributed by atoms with Gasteiger partial charge in [-0.1, -0.05) is 0 Å². The SMILES string of the molecule is COCCOCCOCCn1cc([N+](=O)[O-])cc1C(=O)O. The monoisotopic (exact) mass is 302 g/mol. The van der Waals surface area contributed by atoms with E-state index in [2.05, 4.69) is 0 Å². The van der Waals surface area contributed by atoms with E-state index in [-0.39, 0.29) is 24.5 Å². The Labute approximate surface area is 121 Å². The van der Waals surface area contributed by atoms with Gasteiger partial charge in [0.05, 0.1) is 44.2 Å². The third-order valence-corrected chi connectivity index (χ3v) is 2.59. The molecular formula is C12H18N2O7. The lowest BCUT2D eigenvalue weighted by atomic mass is 10.4. The second-order valence-corrected chi connectivity index (χ2v) is 4.06. The van der Waals surface area contributed by atoms with E-state index in [1.165, 1.54) is 10.8 Å². The van der Waals surface area contributed by atoms with Crippen molar-refractivity contribution >= 4 is 11.7 Å². The largest absolute Gasteiger partial charge is 0.477 e. The maximum absolute atomic E-state index is 11.0. The third kappa shape index (κ3) is 5.90. The lowest BCUT2D eigenvalue weighted by Crippen LogP contribution is -2.14. The minimum absolute atomic E-state index is 0.137. The molecule has 0 unspecified atom stereocenters. The number of carboxylic acid groups (broad SMARTS) is 1. The minimum Gasteiger partial charge on any atom is -0.477 e. The molecule has 0 aliphatic rings. The van der Waals surface area contributed by atoms with Gasteiger partial charge in [-0.05, 0) is 0 Å². The third-order valence-electron chi connectivity index (χ3n) is 2.59. The standard InChI is InChI=1S/C12H18N2O7/c1-19-4-5-21-7-6-20-3-2-13-9-10(14(17)18)8-11(13)12(15)16/h8-9H,2-7H2,1H3,(H,15,16). The molecule has 0 radical (unpaired) electrons. The molecule has 0 saturated heterocycles. The van der Waals surface area contributed by atoms with Gasteiger partial charge < -0.3 is 23.9 Å². The average Bonchev–Trinajstić information content (AvgIpc) is 2.86. The Kier molecular flexibility index (Phi) is 7.37. The molecule has 21 heavy (non-hydrogen) atoms. The summed E-state index contributed by atoms with van der Waals surface area (Å²) >= 11 is 0. The second kappa shape index (κ2) is 9.06. The van der Waals surface area contributed by atoms with Crippen LogP contribution in [0, 0.1) is 10.1 Å². The molecular weight excluding hydrogens is 284 g/mol. The lowest BCUT2D eigenvalue weighted by molar-refractivity contribution is -0.384. The number of carboxylic acids is 1.